The highest BCUT2D eigenvalue weighted by atomic mass is 16.6. The Morgan fingerprint density at radius 3 is 2.09 bits per heavy atom. The van der Waals surface area contributed by atoms with Crippen molar-refractivity contribution < 1.29 is 19.4 Å². The predicted molar refractivity (Wildman–Crippen MR) is 85.0 cm³/mol. The molecule has 4 N–H and O–H groups in total. The summed E-state index contributed by atoms with van der Waals surface area (Å²) in [7, 11) is 0. The van der Waals surface area contributed by atoms with Gasteiger partial charge in [-0.3, -0.25) is 10.2 Å². The molecule has 0 radical (unpaired) electrons. The van der Waals surface area contributed by atoms with Crippen molar-refractivity contribution in [2.75, 3.05) is 13.1 Å². The van der Waals surface area contributed by atoms with Crippen LogP contribution in [0.4, 0.5) is 4.79 Å². The SMILES string of the molecule is CC(=O)OC(C)(C)C.N=C(N)CCC1CCN(C(=O)O)CC1. The summed E-state index contributed by atoms with van der Waals surface area (Å²) in [6, 6.07) is 0. The van der Waals surface area contributed by atoms with Crippen LogP contribution in [0.1, 0.15) is 53.4 Å². The summed E-state index contributed by atoms with van der Waals surface area (Å²) in [5.74, 6) is 0.540. The lowest BCUT2D eigenvalue weighted by atomic mass is 9.92. The van der Waals surface area contributed by atoms with Gasteiger partial charge in [0.15, 0.2) is 0 Å². The number of nitrogens with zero attached hydrogens (tertiary/aromatic N) is 1. The third-order valence-electron chi connectivity index (χ3n) is 3.16. The van der Waals surface area contributed by atoms with Crippen molar-refractivity contribution in [1.82, 2.24) is 4.90 Å². The number of likely N-dealkylation sites (tertiary alicyclic amines) is 1. The van der Waals surface area contributed by atoms with Crippen LogP contribution in [0.3, 0.4) is 0 Å². The van der Waals surface area contributed by atoms with E-state index in [1.807, 2.05) is 20.8 Å². The Bertz CT molecular complexity index is 383. The Morgan fingerprint density at radius 2 is 1.82 bits per heavy atom. The number of carboxylic acid groups (broad SMARTS) is 1. The molecule has 128 valence electrons. The molecule has 0 atom stereocenters. The fourth-order valence-electron chi connectivity index (χ4n) is 2.20. The van der Waals surface area contributed by atoms with Gasteiger partial charge in [0, 0.05) is 26.4 Å². The average molecular weight is 315 g/mol. The summed E-state index contributed by atoms with van der Waals surface area (Å²) in [5, 5.41) is 15.8. The zero-order chi connectivity index (χ0) is 17.3. The van der Waals surface area contributed by atoms with Crippen molar-refractivity contribution in [2.24, 2.45) is 11.7 Å². The van der Waals surface area contributed by atoms with Crippen molar-refractivity contribution >= 4 is 17.9 Å². The molecule has 0 unspecified atom stereocenters. The highest BCUT2D eigenvalue weighted by Crippen LogP contribution is 2.21. The molecule has 7 nitrogen and oxygen atoms in total. The third kappa shape index (κ3) is 10.9. The van der Waals surface area contributed by atoms with Gasteiger partial charge in [0.1, 0.15) is 5.60 Å². The lowest BCUT2D eigenvalue weighted by Gasteiger charge is -2.29. The van der Waals surface area contributed by atoms with E-state index in [9.17, 15) is 9.59 Å². The van der Waals surface area contributed by atoms with E-state index in [0.29, 0.717) is 25.4 Å². The smallest absolute Gasteiger partial charge is 0.407 e. The molecule has 22 heavy (non-hydrogen) atoms. The maximum atomic E-state index is 10.6. The fourth-order valence-corrected chi connectivity index (χ4v) is 2.20. The zero-order valence-electron chi connectivity index (χ0n) is 14.0. The largest absolute Gasteiger partial charge is 0.465 e. The quantitative estimate of drug-likeness (QED) is 0.420. The Kier molecular flexibility index (Phi) is 8.52. The molecule has 1 fully saturated rings. The molecule has 1 amide bonds. The second-order valence-electron chi connectivity index (χ2n) is 6.48. The van der Waals surface area contributed by atoms with Gasteiger partial charge < -0.3 is 20.5 Å². The van der Waals surface area contributed by atoms with Gasteiger partial charge in [-0.15, -0.1) is 0 Å². The number of ether oxygens (including phenoxy) is 1. The van der Waals surface area contributed by atoms with Gasteiger partial charge >= 0.3 is 12.1 Å². The number of esters is 1. The van der Waals surface area contributed by atoms with Gasteiger partial charge in [-0.1, -0.05) is 0 Å². The lowest BCUT2D eigenvalue weighted by molar-refractivity contribution is -0.151. The first-order valence-electron chi connectivity index (χ1n) is 7.51. The van der Waals surface area contributed by atoms with Crippen LogP contribution < -0.4 is 5.73 Å². The van der Waals surface area contributed by atoms with Gasteiger partial charge in [0.05, 0.1) is 5.84 Å². The van der Waals surface area contributed by atoms with Crippen molar-refractivity contribution in [1.29, 1.82) is 5.41 Å². The second kappa shape index (κ2) is 9.27. The van der Waals surface area contributed by atoms with E-state index >= 15 is 0 Å². The molecule has 1 aliphatic heterocycles. The molecule has 0 spiro atoms. The van der Waals surface area contributed by atoms with Gasteiger partial charge in [-0.25, -0.2) is 4.79 Å². The number of carbonyl (C=O) groups is 2. The summed E-state index contributed by atoms with van der Waals surface area (Å²) in [4.78, 5) is 22.3. The molecule has 1 heterocycles. The van der Waals surface area contributed by atoms with E-state index in [1.165, 1.54) is 11.8 Å². The molecule has 0 bridgehead atoms. The molecule has 7 heteroatoms. The van der Waals surface area contributed by atoms with E-state index in [1.54, 1.807) is 0 Å². The second-order valence-corrected chi connectivity index (χ2v) is 6.48. The topological polar surface area (TPSA) is 117 Å². The number of hydrogen-bond acceptors (Lipinski definition) is 4. The number of piperidine rings is 1. The minimum Gasteiger partial charge on any atom is -0.465 e. The van der Waals surface area contributed by atoms with Crippen LogP contribution in [-0.4, -0.2) is 46.6 Å². The molecule has 0 aromatic heterocycles. The van der Waals surface area contributed by atoms with Crippen LogP contribution >= 0.6 is 0 Å². The summed E-state index contributed by atoms with van der Waals surface area (Å²) in [5.41, 5.74) is 4.94. The summed E-state index contributed by atoms with van der Waals surface area (Å²) >= 11 is 0. The Balaban J connectivity index is 0.000000472. The number of amidine groups is 1. The van der Waals surface area contributed by atoms with Crippen molar-refractivity contribution in [3.8, 4) is 0 Å². The highest BCUT2D eigenvalue weighted by Gasteiger charge is 2.21. The molecule has 1 rings (SSSR count). The van der Waals surface area contributed by atoms with E-state index in [-0.39, 0.29) is 17.4 Å². The van der Waals surface area contributed by atoms with Gasteiger partial charge in [0.2, 0.25) is 0 Å². The molecular formula is C15H29N3O4. The summed E-state index contributed by atoms with van der Waals surface area (Å²) < 4.78 is 4.80. The number of rotatable bonds is 3. The minimum absolute atomic E-state index is 0.225. The molecule has 0 saturated carbocycles. The number of nitrogens with two attached hydrogens (primary N) is 1. The number of carbonyl (C=O) groups excluding carboxylic acids is 1. The Morgan fingerprint density at radius 1 is 1.32 bits per heavy atom. The van der Waals surface area contributed by atoms with Crippen LogP contribution in [0.2, 0.25) is 0 Å². The number of amides is 1. The summed E-state index contributed by atoms with van der Waals surface area (Å²) in [6.07, 6.45) is 2.54. The van der Waals surface area contributed by atoms with Gasteiger partial charge in [0.25, 0.3) is 0 Å². The normalized spacial score (nSPS) is 15.5. The zero-order valence-corrected chi connectivity index (χ0v) is 14.0. The fraction of sp³-hybridized carbons (Fsp3) is 0.800. The van der Waals surface area contributed by atoms with Crippen LogP contribution in [0.25, 0.3) is 0 Å². The standard InChI is InChI=1S/C9H17N3O2.C6H12O2/c10-8(11)2-1-7-3-5-12(6-4-7)9(13)14;1-5(7)8-6(2,3)4/h7H,1-6H2,(H3,10,11)(H,13,14);1-4H3. The molecule has 0 aromatic rings. The first-order valence-corrected chi connectivity index (χ1v) is 7.51. The third-order valence-corrected chi connectivity index (χ3v) is 3.16. The monoisotopic (exact) mass is 315 g/mol. The molecule has 1 aliphatic rings. The van der Waals surface area contributed by atoms with Crippen molar-refractivity contribution in [2.45, 2.75) is 59.0 Å². The lowest BCUT2D eigenvalue weighted by Crippen LogP contribution is -2.37. The van der Waals surface area contributed by atoms with E-state index in [2.05, 4.69) is 0 Å². The van der Waals surface area contributed by atoms with E-state index in [4.69, 9.17) is 21.0 Å². The Hall–Kier alpha value is -1.79. The number of nitrogens with one attached hydrogen (secondary N) is 1. The van der Waals surface area contributed by atoms with Crippen molar-refractivity contribution in [3.63, 3.8) is 0 Å². The van der Waals surface area contributed by atoms with Crippen LogP contribution in [0.15, 0.2) is 0 Å². The first kappa shape index (κ1) is 20.2. The number of hydrogen-bond donors (Lipinski definition) is 3. The molecular weight excluding hydrogens is 286 g/mol. The minimum atomic E-state index is -0.824. The van der Waals surface area contributed by atoms with Crippen LogP contribution in [0, 0.1) is 11.3 Å². The van der Waals surface area contributed by atoms with Crippen LogP contribution in [0.5, 0.6) is 0 Å². The van der Waals surface area contributed by atoms with E-state index in [0.717, 1.165) is 19.3 Å². The molecule has 1 saturated heterocycles. The van der Waals surface area contributed by atoms with Crippen molar-refractivity contribution in [3.05, 3.63) is 0 Å². The first-order chi connectivity index (χ1) is 10.0. The van der Waals surface area contributed by atoms with Gasteiger partial charge in [-0.05, 0) is 46.0 Å². The average Bonchev–Trinajstić information content (AvgIpc) is 2.34. The molecule has 0 aromatic carbocycles. The molecule has 0 aliphatic carbocycles. The highest BCUT2D eigenvalue weighted by molar-refractivity contribution is 5.76. The van der Waals surface area contributed by atoms with E-state index < -0.39 is 6.09 Å². The predicted octanol–water partition coefficient (Wildman–Crippen LogP) is 2.44. The van der Waals surface area contributed by atoms with Crippen LogP contribution in [-0.2, 0) is 9.53 Å². The maximum Gasteiger partial charge on any atom is 0.407 e. The Labute approximate surface area is 132 Å². The maximum absolute atomic E-state index is 10.6. The summed E-state index contributed by atoms with van der Waals surface area (Å²) in [6.45, 7) is 8.18. The van der Waals surface area contributed by atoms with Gasteiger partial charge in [-0.2, -0.15) is 0 Å².